The molecule has 40 heavy (non-hydrogen) atoms. The maximum Gasteiger partial charge on any atom is 0.159 e. The monoisotopic (exact) mass is 584 g/mol. The fourth-order valence-electron chi connectivity index (χ4n) is 4.07. The first kappa shape index (κ1) is 29.9. The molecule has 0 radical (unpaired) electrons. The number of nitrogens with zero attached hydrogens (tertiary/aromatic N) is 3. The molecular weight excluding hydrogens is 550 g/mol. The predicted octanol–water partition coefficient (Wildman–Crippen LogP) is 8.12. The van der Waals surface area contributed by atoms with Crippen LogP contribution in [0.4, 0.5) is 19.0 Å². The number of pyridine rings is 1. The van der Waals surface area contributed by atoms with E-state index in [1.54, 1.807) is 18.7 Å². The van der Waals surface area contributed by atoms with Crippen molar-refractivity contribution in [2.45, 2.75) is 63.1 Å². The lowest BCUT2D eigenvalue weighted by atomic mass is 10.1. The molecule has 0 spiro atoms. The summed E-state index contributed by atoms with van der Waals surface area (Å²) in [5.41, 5.74) is 2.75. The van der Waals surface area contributed by atoms with Crippen molar-refractivity contribution in [3.63, 3.8) is 0 Å². The van der Waals surface area contributed by atoms with Crippen LogP contribution in [0, 0.1) is 31.3 Å². The lowest BCUT2D eigenvalue weighted by Crippen LogP contribution is -2.23. The first-order valence-corrected chi connectivity index (χ1v) is 17.9. The second-order valence-corrected chi connectivity index (χ2v) is 17.5. The van der Waals surface area contributed by atoms with E-state index in [4.69, 9.17) is 9.72 Å². The summed E-state index contributed by atoms with van der Waals surface area (Å²) in [5, 5.41) is 4.10. The number of imidazole rings is 1. The van der Waals surface area contributed by atoms with Crippen LogP contribution in [0.15, 0.2) is 65.7 Å². The van der Waals surface area contributed by atoms with Crippen LogP contribution >= 0.6 is 11.8 Å². The molecule has 1 unspecified atom stereocenters. The number of aryl methyl sites for hydroxylation is 1. The first-order valence-electron chi connectivity index (χ1n) is 13.2. The van der Waals surface area contributed by atoms with E-state index in [-0.39, 0.29) is 12.4 Å². The molecule has 1 N–H and O–H groups in total. The molecule has 0 aliphatic carbocycles. The minimum atomic E-state index is -1.30. The normalized spacial score (nSPS) is 12.5. The first-order chi connectivity index (χ1) is 19.0. The van der Waals surface area contributed by atoms with Crippen LogP contribution in [0.25, 0.3) is 0 Å². The van der Waals surface area contributed by atoms with Crippen molar-refractivity contribution in [2.24, 2.45) is 0 Å². The summed E-state index contributed by atoms with van der Waals surface area (Å²) in [4.78, 5) is 9.31. The van der Waals surface area contributed by atoms with E-state index >= 15 is 0 Å². The van der Waals surface area contributed by atoms with Gasteiger partial charge in [-0.15, -0.1) is 0 Å². The number of nitrogens with one attached hydrogen (secondary N) is 1. The molecule has 0 fully saturated rings. The molecule has 10 heteroatoms. The Morgan fingerprint density at radius 2 is 1.65 bits per heavy atom. The molecule has 0 aliphatic rings. The van der Waals surface area contributed by atoms with Gasteiger partial charge in [-0.3, -0.25) is 0 Å². The van der Waals surface area contributed by atoms with Gasteiger partial charge in [-0.25, -0.2) is 23.1 Å². The average molecular weight is 585 g/mol. The number of ether oxygens (including phenoxy) is 1. The predicted molar refractivity (Wildman–Crippen MR) is 158 cm³/mol. The van der Waals surface area contributed by atoms with Crippen LogP contribution in [-0.2, 0) is 17.2 Å². The van der Waals surface area contributed by atoms with Gasteiger partial charge in [0.1, 0.15) is 35.3 Å². The van der Waals surface area contributed by atoms with Crippen LogP contribution in [-0.4, -0.2) is 29.2 Å². The Labute approximate surface area is 239 Å². The lowest BCUT2D eigenvalue weighted by molar-refractivity contribution is 0.0834. The lowest BCUT2D eigenvalue weighted by Gasteiger charge is -2.22. The van der Waals surface area contributed by atoms with Gasteiger partial charge in [-0.2, -0.15) is 0 Å². The standard InChI is InChI=1S/C30H35F3N4OSSi/c1-20-24(31)13-14-27(34-20)35-28(23-11-12-25(32)26(33)17-23)29-36-30(39-18-22-9-7-6-8-10-22)21(2)37(29)19-38-15-16-40(3,4)5/h6-14,17,28H,15-16,18-19H2,1-5H3,(H,34,35). The molecule has 0 amide bonds. The van der Waals surface area contributed by atoms with Crippen molar-refractivity contribution in [3.8, 4) is 0 Å². The summed E-state index contributed by atoms with van der Waals surface area (Å²) in [6, 6.07) is 17.0. The summed E-state index contributed by atoms with van der Waals surface area (Å²) in [6.45, 7) is 11.3. The van der Waals surface area contributed by atoms with Gasteiger partial charge in [-0.05, 0) is 55.3 Å². The number of hydrogen-bond donors (Lipinski definition) is 1. The number of rotatable bonds is 12. The SMILES string of the molecule is Cc1nc(NC(c2ccc(F)c(F)c2)c2nc(SCc3ccccc3)c(C)n2COCC[Si](C)(C)C)ccc1F. The van der Waals surface area contributed by atoms with E-state index in [1.807, 2.05) is 29.7 Å². The number of anilines is 1. The molecule has 0 saturated carbocycles. The second-order valence-electron chi connectivity index (χ2n) is 10.9. The third-order valence-electron chi connectivity index (χ3n) is 6.49. The van der Waals surface area contributed by atoms with Crippen molar-refractivity contribution in [3.05, 3.63) is 106 Å². The minimum absolute atomic E-state index is 0.224. The number of benzene rings is 2. The Balaban J connectivity index is 1.74. The third-order valence-corrected chi connectivity index (χ3v) is 9.33. The molecule has 212 valence electrons. The summed E-state index contributed by atoms with van der Waals surface area (Å²) in [5.74, 6) is -0.659. The van der Waals surface area contributed by atoms with Crippen molar-refractivity contribution in [1.29, 1.82) is 0 Å². The van der Waals surface area contributed by atoms with Gasteiger partial charge in [0.15, 0.2) is 11.6 Å². The molecule has 2 heterocycles. The molecule has 1 atom stereocenters. The summed E-state index contributed by atoms with van der Waals surface area (Å²) in [6.07, 6.45) is 0. The minimum Gasteiger partial charge on any atom is -0.361 e. The van der Waals surface area contributed by atoms with Gasteiger partial charge >= 0.3 is 0 Å². The zero-order chi connectivity index (χ0) is 28.9. The fraction of sp³-hybridized carbons (Fsp3) is 0.333. The maximum absolute atomic E-state index is 14.4. The molecule has 4 aromatic rings. The Bertz CT molecular complexity index is 1440. The number of halogens is 3. The van der Waals surface area contributed by atoms with Gasteiger partial charge in [0.05, 0.1) is 11.4 Å². The average Bonchev–Trinajstić information content (AvgIpc) is 3.22. The van der Waals surface area contributed by atoms with E-state index in [0.717, 1.165) is 40.2 Å². The topological polar surface area (TPSA) is 52.0 Å². The Kier molecular flexibility index (Phi) is 9.75. The maximum atomic E-state index is 14.4. The molecular formula is C30H35F3N4OSSi. The summed E-state index contributed by atoms with van der Waals surface area (Å²) < 4.78 is 50.4. The summed E-state index contributed by atoms with van der Waals surface area (Å²) >= 11 is 1.60. The van der Waals surface area contributed by atoms with E-state index in [2.05, 4.69) is 42.1 Å². The smallest absolute Gasteiger partial charge is 0.159 e. The van der Waals surface area contributed by atoms with Crippen molar-refractivity contribution < 1.29 is 17.9 Å². The van der Waals surface area contributed by atoms with Crippen molar-refractivity contribution in [1.82, 2.24) is 14.5 Å². The number of aromatic nitrogens is 3. The van der Waals surface area contributed by atoms with Gasteiger partial charge in [-0.1, -0.05) is 67.8 Å². The highest BCUT2D eigenvalue weighted by molar-refractivity contribution is 7.98. The van der Waals surface area contributed by atoms with Gasteiger partial charge < -0.3 is 14.6 Å². The number of thioether (sulfide) groups is 1. The summed E-state index contributed by atoms with van der Waals surface area (Å²) in [7, 11) is -1.30. The molecule has 2 aromatic carbocycles. The number of hydrogen-bond acceptors (Lipinski definition) is 5. The van der Waals surface area contributed by atoms with Crippen LogP contribution in [0.3, 0.4) is 0 Å². The zero-order valence-corrected chi connectivity index (χ0v) is 25.3. The van der Waals surface area contributed by atoms with Crippen LogP contribution in [0.5, 0.6) is 0 Å². The zero-order valence-electron chi connectivity index (χ0n) is 23.5. The van der Waals surface area contributed by atoms with Gasteiger partial charge in [0.25, 0.3) is 0 Å². The van der Waals surface area contributed by atoms with Crippen molar-refractivity contribution >= 4 is 25.7 Å². The molecule has 5 nitrogen and oxygen atoms in total. The van der Waals surface area contributed by atoms with Crippen LogP contribution in [0.2, 0.25) is 25.7 Å². The van der Waals surface area contributed by atoms with E-state index in [1.165, 1.54) is 18.2 Å². The Morgan fingerprint density at radius 1 is 0.925 bits per heavy atom. The van der Waals surface area contributed by atoms with E-state index in [9.17, 15) is 13.2 Å². The molecule has 0 aliphatic heterocycles. The Morgan fingerprint density at radius 3 is 2.33 bits per heavy atom. The highest BCUT2D eigenvalue weighted by Gasteiger charge is 2.26. The molecule has 0 saturated heterocycles. The quantitative estimate of drug-likeness (QED) is 0.104. The van der Waals surface area contributed by atoms with Crippen LogP contribution < -0.4 is 5.32 Å². The highest BCUT2D eigenvalue weighted by atomic mass is 32.2. The third kappa shape index (κ3) is 7.77. The van der Waals surface area contributed by atoms with Crippen molar-refractivity contribution in [2.75, 3.05) is 11.9 Å². The molecule has 0 bridgehead atoms. The second kappa shape index (κ2) is 13.1. The largest absolute Gasteiger partial charge is 0.361 e. The van der Waals surface area contributed by atoms with Gasteiger partial charge in [0.2, 0.25) is 0 Å². The fourth-order valence-corrected chi connectivity index (χ4v) is 5.80. The van der Waals surface area contributed by atoms with Crippen LogP contribution in [0.1, 0.15) is 34.4 Å². The van der Waals surface area contributed by atoms with Gasteiger partial charge in [0, 0.05) is 20.4 Å². The molecule has 4 rings (SSSR count). The molecule has 2 aromatic heterocycles. The highest BCUT2D eigenvalue weighted by Crippen LogP contribution is 2.33. The van der Waals surface area contributed by atoms with E-state index < -0.39 is 31.6 Å². The Hall–Kier alpha value is -3.08. The van der Waals surface area contributed by atoms with E-state index in [0.29, 0.717) is 23.8 Å².